The quantitative estimate of drug-likeness (QED) is 0.836. The van der Waals surface area contributed by atoms with Gasteiger partial charge in [0.05, 0.1) is 6.54 Å². The molecule has 0 radical (unpaired) electrons. The summed E-state index contributed by atoms with van der Waals surface area (Å²) in [5, 5.41) is 8.99. The summed E-state index contributed by atoms with van der Waals surface area (Å²) in [5.74, 6) is -0.729. The minimum absolute atomic E-state index is 0.158. The van der Waals surface area contributed by atoms with Crippen LogP contribution in [0.2, 0.25) is 0 Å². The first-order valence-corrected chi connectivity index (χ1v) is 6.60. The molecule has 1 aliphatic carbocycles. The number of carbonyl (C=O) groups is 1. The molecule has 2 rings (SSSR count). The number of nitrogens with zero attached hydrogens (tertiary/aromatic N) is 2. The van der Waals surface area contributed by atoms with Crippen LogP contribution in [0.15, 0.2) is 24.5 Å². The molecule has 1 saturated carbocycles. The lowest BCUT2D eigenvalue weighted by Crippen LogP contribution is -2.38. The zero-order valence-electron chi connectivity index (χ0n) is 10.6. The van der Waals surface area contributed by atoms with Gasteiger partial charge in [0.25, 0.3) is 0 Å². The number of pyridine rings is 1. The first-order valence-electron chi connectivity index (χ1n) is 6.60. The van der Waals surface area contributed by atoms with E-state index in [9.17, 15) is 4.79 Å². The van der Waals surface area contributed by atoms with Crippen LogP contribution in [-0.4, -0.2) is 40.1 Å². The highest BCUT2D eigenvalue weighted by molar-refractivity contribution is 5.69. The van der Waals surface area contributed by atoms with Crippen LogP contribution in [0.5, 0.6) is 0 Å². The third kappa shape index (κ3) is 3.81. The van der Waals surface area contributed by atoms with Gasteiger partial charge in [-0.2, -0.15) is 0 Å². The average Bonchev–Trinajstić information content (AvgIpc) is 2.89. The summed E-state index contributed by atoms with van der Waals surface area (Å²) < 4.78 is 0. The molecule has 0 saturated heterocycles. The van der Waals surface area contributed by atoms with Crippen LogP contribution in [0.1, 0.15) is 31.2 Å². The Morgan fingerprint density at radius 2 is 2.22 bits per heavy atom. The molecule has 4 heteroatoms. The molecule has 1 heterocycles. The molecular weight excluding hydrogens is 228 g/mol. The summed E-state index contributed by atoms with van der Waals surface area (Å²) in [6, 6.07) is 4.42. The highest BCUT2D eigenvalue weighted by Gasteiger charge is 2.23. The van der Waals surface area contributed by atoms with Crippen LogP contribution in [-0.2, 0) is 11.2 Å². The number of aliphatic carboxylic acids is 1. The maximum absolute atomic E-state index is 10.9. The Hall–Kier alpha value is -1.42. The normalized spacial score (nSPS) is 16.3. The molecule has 0 unspecified atom stereocenters. The minimum Gasteiger partial charge on any atom is -0.480 e. The van der Waals surface area contributed by atoms with Gasteiger partial charge in [0.2, 0.25) is 0 Å². The number of aromatic nitrogens is 1. The monoisotopic (exact) mass is 248 g/mol. The van der Waals surface area contributed by atoms with Crippen LogP contribution in [0.3, 0.4) is 0 Å². The zero-order valence-corrected chi connectivity index (χ0v) is 10.6. The molecule has 0 amide bonds. The van der Waals surface area contributed by atoms with E-state index in [4.69, 9.17) is 5.11 Å². The third-order valence-electron chi connectivity index (χ3n) is 3.59. The van der Waals surface area contributed by atoms with E-state index in [-0.39, 0.29) is 6.54 Å². The van der Waals surface area contributed by atoms with Crippen LogP contribution in [0.4, 0.5) is 0 Å². The van der Waals surface area contributed by atoms with Crippen molar-refractivity contribution in [3.8, 4) is 0 Å². The largest absolute Gasteiger partial charge is 0.480 e. The van der Waals surface area contributed by atoms with Crippen molar-refractivity contribution in [1.82, 2.24) is 9.88 Å². The molecule has 0 aliphatic heterocycles. The lowest BCUT2D eigenvalue weighted by Gasteiger charge is -2.26. The Morgan fingerprint density at radius 1 is 1.44 bits per heavy atom. The highest BCUT2D eigenvalue weighted by atomic mass is 16.4. The number of hydrogen-bond acceptors (Lipinski definition) is 3. The summed E-state index contributed by atoms with van der Waals surface area (Å²) in [6.07, 6.45) is 9.22. The average molecular weight is 248 g/mol. The van der Waals surface area contributed by atoms with E-state index in [1.807, 2.05) is 18.3 Å². The van der Waals surface area contributed by atoms with E-state index < -0.39 is 5.97 Å². The Kier molecular flexibility index (Phi) is 4.70. The fourth-order valence-corrected chi connectivity index (χ4v) is 2.65. The van der Waals surface area contributed by atoms with Gasteiger partial charge in [0.1, 0.15) is 0 Å². The van der Waals surface area contributed by atoms with Gasteiger partial charge in [-0.3, -0.25) is 14.7 Å². The second-order valence-corrected chi connectivity index (χ2v) is 4.91. The molecule has 1 fully saturated rings. The maximum Gasteiger partial charge on any atom is 0.317 e. The first-order chi connectivity index (χ1) is 8.75. The van der Waals surface area contributed by atoms with Crippen LogP contribution in [0, 0.1) is 0 Å². The smallest absolute Gasteiger partial charge is 0.317 e. The second kappa shape index (κ2) is 6.50. The van der Waals surface area contributed by atoms with Gasteiger partial charge in [0, 0.05) is 25.0 Å². The molecule has 0 aromatic carbocycles. The van der Waals surface area contributed by atoms with Crippen molar-refractivity contribution in [2.75, 3.05) is 13.1 Å². The highest BCUT2D eigenvalue weighted by Crippen LogP contribution is 2.23. The SMILES string of the molecule is O=C(O)CN(CCc1cccnc1)C1CCCC1. The number of carboxylic acids is 1. The summed E-state index contributed by atoms with van der Waals surface area (Å²) in [4.78, 5) is 17.1. The van der Waals surface area contributed by atoms with Crippen molar-refractivity contribution in [3.05, 3.63) is 30.1 Å². The Bertz CT molecular complexity index is 375. The molecule has 0 spiro atoms. The lowest BCUT2D eigenvalue weighted by molar-refractivity contribution is -0.138. The fourth-order valence-electron chi connectivity index (χ4n) is 2.65. The van der Waals surface area contributed by atoms with Gasteiger partial charge < -0.3 is 5.11 Å². The van der Waals surface area contributed by atoms with Crippen molar-refractivity contribution >= 4 is 5.97 Å². The third-order valence-corrected chi connectivity index (χ3v) is 3.59. The molecule has 1 aromatic heterocycles. The molecular formula is C14H20N2O2. The van der Waals surface area contributed by atoms with E-state index in [0.717, 1.165) is 25.8 Å². The molecule has 0 bridgehead atoms. The maximum atomic E-state index is 10.9. The van der Waals surface area contributed by atoms with Crippen LogP contribution < -0.4 is 0 Å². The van der Waals surface area contributed by atoms with E-state index in [1.165, 1.54) is 18.4 Å². The standard InChI is InChI=1S/C14H20N2O2/c17-14(18)11-16(13-5-1-2-6-13)9-7-12-4-3-8-15-10-12/h3-4,8,10,13H,1-2,5-7,9,11H2,(H,17,18). The zero-order chi connectivity index (χ0) is 12.8. The summed E-state index contributed by atoms with van der Waals surface area (Å²) >= 11 is 0. The fraction of sp³-hybridized carbons (Fsp3) is 0.571. The van der Waals surface area contributed by atoms with Crippen molar-refractivity contribution in [1.29, 1.82) is 0 Å². The van der Waals surface area contributed by atoms with Crippen LogP contribution in [0.25, 0.3) is 0 Å². The molecule has 1 aliphatic rings. The predicted molar refractivity (Wildman–Crippen MR) is 69.4 cm³/mol. The first kappa shape index (κ1) is 13.0. The Morgan fingerprint density at radius 3 is 2.83 bits per heavy atom. The van der Waals surface area contributed by atoms with E-state index in [1.54, 1.807) is 6.20 Å². The van der Waals surface area contributed by atoms with Crippen LogP contribution >= 0.6 is 0 Å². The van der Waals surface area contributed by atoms with Gasteiger partial charge in [-0.05, 0) is 30.9 Å². The Labute approximate surface area is 108 Å². The topological polar surface area (TPSA) is 53.4 Å². The molecule has 18 heavy (non-hydrogen) atoms. The summed E-state index contributed by atoms with van der Waals surface area (Å²) in [5.41, 5.74) is 1.17. The lowest BCUT2D eigenvalue weighted by atomic mass is 10.1. The van der Waals surface area contributed by atoms with E-state index >= 15 is 0 Å². The van der Waals surface area contributed by atoms with Crippen molar-refractivity contribution in [2.24, 2.45) is 0 Å². The van der Waals surface area contributed by atoms with Crippen molar-refractivity contribution in [3.63, 3.8) is 0 Å². The minimum atomic E-state index is -0.729. The van der Waals surface area contributed by atoms with Gasteiger partial charge >= 0.3 is 5.97 Å². The molecule has 1 aromatic rings. The summed E-state index contributed by atoms with van der Waals surface area (Å²) in [7, 11) is 0. The van der Waals surface area contributed by atoms with Gasteiger partial charge in [-0.1, -0.05) is 18.9 Å². The number of rotatable bonds is 6. The number of hydrogen-bond donors (Lipinski definition) is 1. The van der Waals surface area contributed by atoms with Crippen molar-refractivity contribution in [2.45, 2.75) is 38.1 Å². The van der Waals surface area contributed by atoms with Gasteiger partial charge in [-0.25, -0.2) is 0 Å². The second-order valence-electron chi connectivity index (χ2n) is 4.91. The molecule has 0 atom stereocenters. The predicted octanol–water partition coefficient (Wildman–Crippen LogP) is 1.95. The molecule has 98 valence electrons. The van der Waals surface area contributed by atoms with Gasteiger partial charge in [0.15, 0.2) is 0 Å². The van der Waals surface area contributed by atoms with Crippen molar-refractivity contribution < 1.29 is 9.90 Å². The van der Waals surface area contributed by atoms with Gasteiger partial charge in [-0.15, -0.1) is 0 Å². The van der Waals surface area contributed by atoms with E-state index in [2.05, 4.69) is 9.88 Å². The Balaban J connectivity index is 1.90. The number of carboxylic acid groups (broad SMARTS) is 1. The summed E-state index contributed by atoms with van der Waals surface area (Å²) in [6.45, 7) is 0.966. The van der Waals surface area contributed by atoms with E-state index in [0.29, 0.717) is 6.04 Å². The molecule has 4 nitrogen and oxygen atoms in total. The molecule has 1 N–H and O–H groups in total.